The summed E-state index contributed by atoms with van der Waals surface area (Å²) in [5.74, 6) is 1.44. The zero-order valence-corrected chi connectivity index (χ0v) is 14.4. The first-order valence-corrected chi connectivity index (χ1v) is 8.99. The standard InChI is InChI=1S/C18H23N3O4/c1-2-23-14-11-13(18(14)8-4-9-18)19-15(22)6-7-16-20-17(21-25-16)12-5-3-10-24-12/h3,5,10,13-14H,2,4,6-9,11H2,1H3,(H,19,22)/t13-,14+/m0/s1. The first-order chi connectivity index (χ1) is 12.2. The molecule has 0 saturated heterocycles. The summed E-state index contributed by atoms with van der Waals surface area (Å²) in [7, 11) is 0. The molecule has 2 saturated carbocycles. The Morgan fingerprint density at radius 3 is 3.04 bits per heavy atom. The molecule has 7 heteroatoms. The van der Waals surface area contributed by atoms with Crippen LogP contribution in [0.1, 0.15) is 44.9 Å². The van der Waals surface area contributed by atoms with Crippen LogP contribution in [0.2, 0.25) is 0 Å². The van der Waals surface area contributed by atoms with Crippen molar-refractivity contribution in [2.24, 2.45) is 5.41 Å². The quantitative estimate of drug-likeness (QED) is 0.830. The van der Waals surface area contributed by atoms with Crippen molar-refractivity contribution in [3.05, 3.63) is 24.3 Å². The lowest BCUT2D eigenvalue weighted by Gasteiger charge is -2.61. The average molecular weight is 345 g/mol. The van der Waals surface area contributed by atoms with Gasteiger partial charge in [-0.15, -0.1) is 0 Å². The highest BCUT2D eigenvalue weighted by molar-refractivity contribution is 5.76. The molecule has 1 spiro atoms. The molecular formula is C18H23N3O4. The van der Waals surface area contributed by atoms with Crippen molar-refractivity contribution in [3.63, 3.8) is 0 Å². The molecule has 0 aliphatic heterocycles. The fraction of sp³-hybridized carbons (Fsp3) is 0.611. The van der Waals surface area contributed by atoms with E-state index in [1.54, 1.807) is 18.4 Å². The summed E-state index contributed by atoms with van der Waals surface area (Å²) >= 11 is 0. The molecule has 134 valence electrons. The van der Waals surface area contributed by atoms with Gasteiger partial charge >= 0.3 is 0 Å². The first-order valence-electron chi connectivity index (χ1n) is 8.99. The van der Waals surface area contributed by atoms with Gasteiger partial charge in [-0.1, -0.05) is 11.6 Å². The molecule has 0 unspecified atom stereocenters. The fourth-order valence-electron chi connectivity index (χ4n) is 3.99. The molecular weight excluding hydrogens is 322 g/mol. The SMILES string of the molecule is CCO[C@@H]1C[C@H](NC(=O)CCc2nc(-c3ccco3)no2)C12CCC2. The summed E-state index contributed by atoms with van der Waals surface area (Å²) in [5, 5.41) is 7.05. The van der Waals surface area contributed by atoms with E-state index < -0.39 is 0 Å². The van der Waals surface area contributed by atoms with Gasteiger partial charge in [0, 0.05) is 30.9 Å². The molecule has 2 aliphatic rings. The van der Waals surface area contributed by atoms with E-state index in [4.69, 9.17) is 13.7 Å². The number of amides is 1. The maximum atomic E-state index is 12.3. The predicted molar refractivity (Wildman–Crippen MR) is 88.6 cm³/mol. The van der Waals surface area contributed by atoms with Crippen molar-refractivity contribution < 1.29 is 18.5 Å². The summed E-state index contributed by atoms with van der Waals surface area (Å²) < 4.78 is 16.2. The fourth-order valence-corrected chi connectivity index (χ4v) is 3.99. The van der Waals surface area contributed by atoms with Crippen molar-refractivity contribution in [1.29, 1.82) is 0 Å². The number of furan rings is 1. The Balaban J connectivity index is 1.27. The normalized spacial score (nSPS) is 23.9. The second kappa shape index (κ2) is 6.63. The van der Waals surface area contributed by atoms with Gasteiger partial charge in [-0.05, 0) is 38.3 Å². The highest BCUT2D eigenvalue weighted by atomic mass is 16.5. The van der Waals surface area contributed by atoms with Gasteiger partial charge < -0.3 is 19.0 Å². The van der Waals surface area contributed by atoms with Crippen LogP contribution < -0.4 is 5.32 Å². The van der Waals surface area contributed by atoms with E-state index in [0.29, 0.717) is 36.4 Å². The third kappa shape index (κ3) is 2.97. The largest absolute Gasteiger partial charge is 0.461 e. The Morgan fingerprint density at radius 2 is 2.36 bits per heavy atom. The van der Waals surface area contributed by atoms with E-state index >= 15 is 0 Å². The number of hydrogen-bond donors (Lipinski definition) is 1. The Labute approximate surface area is 146 Å². The Bertz CT molecular complexity index is 721. The van der Waals surface area contributed by atoms with Crippen molar-refractivity contribution in [2.75, 3.05) is 6.61 Å². The molecule has 25 heavy (non-hydrogen) atoms. The maximum absolute atomic E-state index is 12.3. The van der Waals surface area contributed by atoms with Crippen LogP contribution in [0, 0.1) is 5.41 Å². The van der Waals surface area contributed by atoms with Crippen LogP contribution in [-0.4, -0.2) is 34.8 Å². The Kier molecular flexibility index (Phi) is 4.33. The smallest absolute Gasteiger partial charge is 0.238 e. The summed E-state index contributed by atoms with van der Waals surface area (Å²) in [6.45, 7) is 2.77. The molecule has 2 aromatic rings. The first kappa shape index (κ1) is 16.3. The predicted octanol–water partition coefficient (Wildman–Crippen LogP) is 2.73. The molecule has 7 nitrogen and oxygen atoms in total. The average Bonchev–Trinajstić information content (AvgIpc) is 3.21. The van der Waals surface area contributed by atoms with Crippen LogP contribution in [0.4, 0.5) is 0 Å². The van der Waals surface area contributed by atoms with Crippen molar-refractivity contribution in [1.82, 2.24) is 15.5 Å². The molecule has 2 aliphatic carbocycles. The number of hydrogen-bond acceptors (Lipinski definition) is 6. The van der Waals surface area contributed by atoms with Crippen LogP contribution in [0.15, 0.2) is 27.3 Å². The lowest BCUT2D eigenvalue weighted by atomic mass is 9.51. The summed E-state index contributed by atoms with van der Waals surface area (Å²) in [6, 6.07) is 3.78. The second-order valence-corrected chi connectivity index (χ2v) is 6.88. The minimum Gasteiger partial charge on any atom is -0.461 e. The zero-order valence-electron chi connectivity index (χ0n) is 14.4. The van der Waals surface area contributed by atoms with Crippen molar-refractivity contribution in [2.45, 2.75) is 57.6 Å². The van der Waals surface area contributed by atoms with Gasteiger partial charge in [-0.2, -0.15) is 4.98 Å². The van der Waals surface area contributed by atoms with Gasteiger partial charge in [0.15, 0.2) is 5.76 Å². The Hall–Kier alpha value is -2.15. The van der Waals surface area contributed by atoms with Crippen LogP contribution in [0.25, 0.3) is 11.6 Å². The van der Waals surface area contributed by atoms with Crippen LogP contribution in [0.5, 0.6) is 0 Å². The number of ether oxygens (including phenoxy) is 1. The number of aromatic nitrogens is 2. The number of rotatable bonds is 7. The number of carbonyl (C=O) groups is 1. The van der Waals surface area contributed by atoms with Crippen LogP contribution in [-0.2, 0) is 16.0 Å². The molecule has 0 radical (unpaired) electrons. The summed E-state index contributed by atoms with van der Waals surface area (Å²) in [5.41, 5.74) is 0.183. The molecule has 2 fully saturated rings. The lowest BCUT2D eigenvalue weighted by Crippen LogP contribution is -2.67. The van der Waals surface area contributed by atoms with Gasteiger partial charge in [0.25, 0.3) is 0 Å². The summed E-state index contributed by atoms with van der Waals surface area (Å²) in [6.07, 6.45) is 7.08. The molecule has 2 aromatic heterocycles. The molecule has 2 heterocycles. The number of nitrogens with one attached hydrogen (secondary N) is 1. The number of aryl methyl sites for hydroxylation is 1. The minimum absolute atomic E-state index is 0.0315. The molecule has 1 amide bonds. The molecule has 4 rings (SSSR count). The van der Waals surface area contributed by atoms with Gasteiger partial charge in [0.2, 0.25) is 17.6 Å². The highest BCUT2D eigenvalue weighted by Crippen LogP contribution is 2.57. The second-order valence-electron chi connectivity index (χ2n) is 6.88. The molecule has 2 atom stereocenters. The molecule has 0 bridgehead atoms. The van der Waals surface area contributed by atoms with E-state index in [0.717, 1.165) is 25.9 Å². The van der Waals surface area contributed by atoms with E-state index in [2.05, 4.69) is 15.5 Å². The van der Waals surface area contributed by atoms with Gasteiger partial charge in [-0.3, -0.25) is 4.79 Å². The molecule has 1 N–H and O–H groups in total. The van der Waals surface area contributed by atoms with Gasteiger partial charge in [0.05, 0.1) is 12.4 Å². The van der Waals surface area contributed by atoms with Crippen LogP contribution in [0.3, 0.4) is 0 Å². The molecule has 0 aromatic carbocycles. The van der Waals surface area contributed by atoms with E-state index in [1.807, 2.05) is 6.92 Å². The third-order valence-electron chi connectivity index (χ3n) is 5.55. The van der Waals surface area contributed by atoms with E-state index in [1.165, 1.54) is 6.42 Å². The summed E-state index contributed by atoms with van der Waals surface area (Å²) in [4.78, 5) is 16.5. The van der Waals surface area contributed by atoms with E-state index in [-0.39, 0.29) is 17.4 Å². The topological polar surface area (TPSA) is 90.4 Å². The highest BCUT2D eigenvalue weighted by Gasteiger charge is 2.59. The maximum Gasteiger partial charge on any atom is 0.238 e. The minimum atomic E-state index is 0.0315. The van der Waals surface area contributed by atoms with E-state index in [9.17, 15) is 4.79 Å². The lowest BCUT2D eigenvalue weighted by molar-refractivity contribution is -0.175. The monoisotopic (exact) mass is 345 g/mol. The van der Waals surface area contributed by atoms with Gasteiger partial charge in [-0.25, -0.2) is 0 Å². The van der Waals surface area contributed by atoms with Crippen molar-refractivity contribution >= 4 is 5.91 Å². The third-order valence-corrected chi connectivity index (χ3v) is 5.55. The van der Waals surface area contributed by atoms with Crippen LogP contribution >= 0.6 is 0 Å². The number of carbonyl (C=O) groups excluding carboxylic acids is 1. The number of nitrogens with zero attached hydrogens (tertiary/aromatic N) is 2. The Morgan fingerprint density at radius 1 is 1.48 bits per heavy atom. The zero-order chi connectivity index (χ0) is 17.3. The van der Waals surface area contributed by atoms with Gasteiger partial charge in [0.1, 0.15) is 0 Å². The van der Waals surface area contributed by atoms with Crippen molar-refractivity contribution in [3.8, 4) is 11.6 Å².